The maximum absolute atomic E-state index is 14.6. The summed E-state index contributed by atoms with van der Waals surface area (Å²) in [6, 6.07) is 0. The average molecular weight is 627 g/mol. The van der Waals surface area contributed by atoms with Crippen molar-refractivity contribution in [1.29, 1.82) is 0 Å². The molecule has 1 atom stereocenters. The van der Waals surface area contributed by atoms with Crippen LogP contribution in [0.25, 0.3) is 49.2 Å². The van der Waals surface area contributed by atoms with Crippen molar-refractivity contribution in [3.63, 3.8) is 0 Å². The summed E-state index contributed by atoms with van der Waals surface area (Å²) in [4.78, 5) is 44.2. The maximum atomic E-state index is 14.6. The summed E-state index contributed by atoms with van der Waals surface area (Å²) in [7, 11) is 1.46. The van der Waals surface area contributed by atoms with Gasteiger partial charge in [0.15, 0.2) is 11.2 Å². The highest BCUT2D eigenvalue weighted by atomic mass is 32.2. The van der Waals surface area contributed by atoms with Gasteiger partial charge < -0.3 is 25.6 Å². The van der Waals surface area contributed by atoms with Crippen molar-refractivity contribution in [3.8, 4) is 5.75 Å². The number of methoxy groups -OCH3 is 1. The molecule has 10 heteroatoms. The van der Waals surface area contributed by atoms with E-state index in [1.807, 2.05) is 19.9 Å². The molecule has 1 aliphatic carbocycles. The molecule has 0 saturated carbocycles. The number of carbonyl (C=O) groups is 1. The minimum Gasteiger partial charge on any atom is -0.492 e. The van der Waals surface area contributed by atoms with Gasteiger partial charge in [-0.2, -0.15) is 0 Å². The molecule has 5 aromatic rings. The highest BCUT2D eigenvalue weighted by Crippen LogP contribution is 2.56. The molecule has 0 amide bonds. The number of hydrogen-bond acceptors (Lipinski definition) is 10. The number of rotatable bonds is 4. The van der Waals surface area contributed by atoms with Crippen molar-refractivity contribution in [2.24, 2.45) is 0 Å². The Bertz CT molecular complexity index is 2300. The fourth-order valence-electron chi connectivity index (χ4n) is 8.04. The van der Waals surface area contributed by atoms with Crippen molar-refractivity contribution < 1.29 is 19.7 Å². The third-order valence-corrected chi connectivity index (χ3v) is 11.9. The van der Waals surface area contributed by atoms with Crippen LogP contribution >= 0.6 is 23.5 Å². The highest BCUT2D eigenvalue weighted by molar-refractivity contribution is 7.99. The number of ketones is 1. The van der Waals surface area contributed by atoms with Gasteiger partial charge in [0.2, 0.25) is 5.43 Å². The minimum absolute atomic E-state index is 0.116. The smallest absolute Gasteiger partial charge is 0.230 e. The number of nitrogens with one attached hydrogen (secondary N) is 2. The van der Waals surface area contributed by atoms with Gasteiger partial charge in [0.25, 0.3) is 0 Å². The maximum Gasteiger partial charge on any atom is 0.230 e. The normalized spacial score (nSPS) is 17.5. The third-order valence-electron chi connectivity index (χ3n) is 9.64. The summed E-state index contributed by atoms with van der Waals surface area (Å²) < 4.78 is 5.92. The van der Waals surface area contributed by atoms with Crippen LogP contribution in [0.3, 0.4) is 0 Å². The second-order valence-corrected chi connectivity index (χ2v) is 14.0. The van der Waals surface area contributed by atoms with E-state index >= 15 is 0 Å². The van der Waals surface area contributed by atoms with E-state index in [9.17, 15) is 24.6 Å². The van der Waals surface area contributed by atoms with Gasteiger partial charge in [-0.15, -0.1) is 23.5 Å². The average Bonchev–Trinajstić information content (AvgIpc) is 3.16. The Balaban J connectivity index is 1.87. The first kappa shape index (κ1) is 27.9. The van der Waals surface area contributed by atoms with Crippen LogP contribution in [-0.4, -0.2) is 47.7 Å². The van der Waals surface area contributed by atoms with Gasteiger partial charge in [-0.25, -0.2) is 0 Å². The molecule has 224 valence electrons. The number of aliphatic hydroxyl groups excluding tert-OH is 2. The number of Topliss-reactive ketones (excluding diaryl/α,β-unsaturated/α-hetero) is 1. The first-order chi connectivity index (χ1) is 21.3. The molecule has 8 rings (SSSR count). The van der Waals surface area contributed by atoms with E-state index in [1.54, 1.807) is 23.5 Å². The Labute approximate surface area is 260 Å². The number of carbonyl (C=O) groups excluding carboxylic acids is 1. The Morgan fingerprint density at radius 2 is 1.39 bits per heavy atom. The fraction of sp³-hybridized carbons (Fsp3) is 0.324. The fourth-order valence-corrected chi connectivity index (χ4v) is 10.2. The van der Waals surface area contributed by atoms with Gasteiger partial charge in [-0.3, -0.25) is 14.4 Å². The van der Waals surface area contributed by atoms with Crippen LogP contribution in [0.2, 0.25) is 0 Å². The number of thioether (sulfide) groups is 2. The summed E-state index contributed by atoms with van der Waals surface area (Å²) in [6.07, 6.45) is 1.92. The minimum atomic E-state index is -0.775. The molecule has 2 aliphatic heterocycles. The summed E-state index contributed by atoms with van der Waals surface area (Å²) in [5.41, 5.74) is 4.71. The summed E-state index contributed by atoms with van der Waals surface area (Å²) in [6.45, 7) is 5.91. The van der Waals surface area contributed by atoms with Crippen LogP contribution in [0.1, 0.15) is 47.6 Å². The van der Waals surface area contributed by atoms with Crippen molar-refractivity contribution in [2.75, 3.05) is 42.3 Å². The van der Waals surface area contributed by atoms with Crippen molar-refractivity contribution >= 4 is 89.8 Å². The highest BCUT2D eigenvalue weighted by Gasteiger charge is 2.38. The molecule has 5 aromatic carbocycles. The van der Waals surface area contributed by atoms with Gasteiger partial charge in [0.1, 0.15) is 5.78 Å². The SMILES string of the molecule is COc1c2c3c4c(c(C)c(=O)c5c6c(c(CO)c(c7c(CO)c8c(c(c1=O)c73)NCCS8)c54)SCCN6)C=C(C)C2C(C)=O. The van der Waals surface area contributed by atoms with Gasteiger partial charge in [0.05, 0.1) is 48.4 Å². The van der Waals surface area contributed by atoms with E-state index < -0.39 is 5.92 Å². The molecule has 8 nitrogen and oxygen atoms in total. The molecular formula is C34H30N2O6S2. The summed E-state index contributed by atoms with van der Waals surface area (Å²) in [5.74, 6) is 0.707. The van der Waals surface area contributed by atoms with E-state index in [0.29, 0.717) is 95.6 Å². The van der Waals surface area contributed by atoms with Gasteiger partial charge >= 0.3 is 0 Å². The number of anilines is 2. The zero-order chi connectivity index (χ0) is 30.8. The summed E-state index contributed by atoms with van der Waals surface area (Å²) >= 11 is 3.18. The lowest BCUT2D eigenvalue weighted by Crippen LogP contribution is -2.21. The number of aliphatic hydroxyl groups is 2. The van der Waals surface area contributed by atoms with E-state index in [0.717, 1.165) is 26.7 Å². The number of hydrogen-bond donors (Lipinski definition) is 4. The summed E-state index contributed by atoms with van der Waals surface area (Å²) in [5, 5.41) is 34.2. The topological polar surface area (TPSA) is 125 Å². The molecule has 3 aliphatic rings. The molecule has 0 bridgehead atoms. The third kappa shape index (κ3) is 3.26. The Morgan fingerprint density at radius 3 is 1.91 bits per heavy atom. The molecule has 1 unspecified atom stereocenters. The molecular weight excluding hydrogens is 597 g/mol. The molecule has 0 radical (unpaired) electrons. The van der Waals surface area contributed by atoms with Crippen molar-refractivity contribution in [3.05, 3.63) is 53.8 Å². The van der Waals surface area contributed by atoms with Gasteiger partial charge in [-0.05, 0) is 47.9 Å². The first-order valence-electron chi connectivity index (χ1n) is 14.7. The van der Waals surface area contributed by atoms with E-state index in [2.05, 4.69) is 10.6 Å². The molecule has 0 saturated heterocycles. The number of ether oxygens (including phenoxy) is 1. The Morgan fingerprint density at radius 1 is 0.841 bits per heavy atom. The van der Waals surface area contributed by atoms with E-state index in [1.165, 1.54) is 14.0 Å². The predicted octanol–water partition coefficient (Wildman–Crippen LogP) is 5.32. The van der Waals surface area contributed by atoms with Crippen molar-refractivity contribution in [2.45, 2.75) is 49.7 Å². The second kappa shape index (κ2) is 9.71. The molecule has 4 N–H and O–H groups in total. The Hall–Kier alpha value is -3.57. The van der Waals surface area contributed by atoms with Crippen LogP contribution < -0.4 is 26.2 Å². The number of allylic oxidation sites excluding steroid dienone is 1. The molecule has 0 fully saturated rings. The van der Waals surface area contributed by atoms with Crippen LogP contribution in [0.4, 0.5) is 11.4 Å². The largest absolute Gasteiger partial charge is 0.492 e. The predicted molar refractivity (Wildman–Crippen MR) is 180 cm³/mol. The first-order valence-corrected chi connectivity index (χ1v) is 16.7. The van der Waals surface area contributed by atoms with E-state index in [-0.39, 0.29) is 35.6 Å². The quantitative estimate of drug-likeness (QED) is 0.154. The molecule has 2 heterocycles. The van der Waals surface area contributed by atoms with Crippen LogP contribution in [-0.2, 0) is 18.0 Å². The molecule has 0 spiro atoms. The zero-order valence-electron chi connectivity index (χ0n) is 24.7. The second-order valence-electron chi connectivity index (χ2n) is 11.8. The van der Waals surface area contributed by atoms with Gasteiger partial charge in [0, 0.05) is 67.4 Å². The lowest BCUT2D eigenvalue weighted by Gasteiger charge is -2.30. The zero-order valence-corrected chi connectivity index (χ0v) is 26.4. The van der Waals surface area contributed by atoms with Crippen molar-refractivity contribution in [1.82, 2.24) is 0 Å². The van der Waals surface area contributed by atoms with Gasteiger partial charge in [-0.1, -0.05) is 11.6 Å². The monoisotopic (exact) mass is 626 g/mol. The molecule has 0 aromatic heterocycles. The number of benzene rings is 5. The standard InChI is InChI=1S/C34H30N2O6S2/c1-12-9-15-13(2)30(40)26-22-19(15)23-24-21(20(22)16(10-37)33-28(26)35-5-7-43-33)17(11-38)34-29(36-6-8-44-34)27(24)31(41)32(42-4)25(23)18(12)14(3)39/h9,18,35-38H,5-8,10-11H2,1-4H3. The lowest BCUT2D eigenvalue weighted by atomic mass is 9.78. The van der Waals surface area contributed by atoms with E-state index in [4.69, 9.17) is 4.74 Å². The lowest BCUT2D eigenvalue weighted by molar-refractivity contribution is -0.117. The van der Waals surface area contributed by atoms with Crippen LogP contribution in [0.15, 0.2) is 25.0 Å². The number of fused-ring (bicyclic) bond motifs is 5. The van der Waals surface area contributed by atoms with Crippen LogP contribution in [0, 0.1) is 6.92 Å². The van der Waals surface area contributed by atoms with Crippen LogP contribution in [0.5, 0.6) is 5.75 Å². The molecule has 44 heavy (non-hydrogen) atoms. The Kier molecular flexibility index (Phi) is 6.17.